The first-order valence-electron chi connectivity index (χ1n) is 8.17. The molecule has 0 aliphatic carbocycles. The Morgan fingerprint density at radius 2 is 2.00 bits per heavy atom. The summed E-state index contributed by atoms with van der Waals surface area (Å²) in [5.41, 5.74) is 4.21. The van der Waals surface area contributed by atoms with E-state index in [0.717, 1.165) is 39.5 Å². The fourth-order valence-electron chi connectivity index (χ4n) is 3.29. The molecule has 0 spiro atoms. The van der Waals surface area contributed by atoms with E-state index in [9.17, 15) is 0 Å². The SMILES string of the molecule is Cc1ccc2c(c1)c1nnc(SCCN3CCCC3)nc1n2C. The van der Waals surface area contributed by atoms with Crippen LogP contribution >= 0.6 is 11.8 Å². The number of fused-ring (bicyclic) bond motifs is 3. The third-order valence-corrected chi connectivity index (χ3v) is 5.39. The van der Waals surface area contributed by atoms with E-state index >= 15 is 0 Å². The van der Waals surface area contributed by atoms with Gasteiger partial charge in [0, 0.05) is 24.7 Å². The molecule has 5 nitrogen and oxygen atoms in total. The monoisotopic (exact) mass is 327 g/mol. The minimum atomic E-state index is 0.777. The highest BCUT2D eigenvalue weighted by Gasteiger charge is 2.14. The van der Waals surface area contributed by atoms with Crippen LogP contribution in [0.3, 0.4) is 0 Å². The fraction of sp³-hybridized carbons (Fsp3) is 0.471. The van der Waals surface area contributed by atoms with Gasteiger partial charge in [-0.3, -0.25) is 0 Å². The molecular formula is C17H21N5S. The molecule has 1 aliphatic heterocycles. The van der Waals surface area contributed by atoms with Crippen LogP contribution in [-0.2, 0) is 7.05 Å². The number of likely N-dealkylation sites (tertiary alicyclic amines) is 1. The molecule has 0 amide bonds. The van der Waals surface area contributed by atoms with Crippen LogP contribution in [0.15, 0.2) is 23.4 Å². The zero-order valence-electron chi connectivity index (χ0n) is 13.6. The van der Waals surface area contributed by atoms with Gasteiger partial charge in [0.05, 0.1) is 5.52 Å². The minimum Gasteiger partial charge on any atom is -0.327 e. The molecule has 0 N–H and O–H groups in total. The molecule has 0 radical (unpaired) electrons. The lowest BCUT2D eigenvalue weighted by Gasteiger charge is -2.12. The van der Waals surface area contributed by atoms with Crippen LogP contribution in [0.25, 0.3) is 22.1 Å². The molecule has 1 saturated heterocycles. The van der Waals surface area contributed by atoms with Crippen molar-refractivity contribution in [1.82, 2.24) is 24.6 Å². The molecule has 3 aromatic rings. The quantitative estimate of drug-likeness (QED) is 0.689. The predicted octanol–water partition coefficient (Wildman–Crippen LogP) is 3.01. The molecule has 0 atom stereocenters. The molecule has 1 aromatic carbocycles. The Hall–Kier alpha value is -1.66. The van der Waals surface area contributed by atoms with Crippen molar-refractivity contribution in [3.05, 3.63) is 23.8 Å². The summed E-state index contributed by atoms with van der Waals surface area (Å²) >= 11 is 1.70. The largest absolute Gasteiger partial charge is 0.327 e. The van der Waals surface area contributed by atoms with Gasteiger partial charge >= 0.3 is 0 Å². The second-order valence-electron chi connectivity index (χ2n) is 6.24. The number of aryl methyl sites for hydroxylation is 2. The Morgan fingerprint density at radius 3 is 2.83 bits per heavy atom. The lowest BCUT2D eigenvalue weighted by atomic mass is 10.2. The van der Waals surface area contributed by atoms with Crippen LogP contribution in [0.4, 0.5) is 0 Å². The zero-order chi connectivity index (χ0) is 15.8. The number of hydrogen-bond donors (Lipinski definition) is 0. The van der Waals surface area contributed by atoms with Crippen molar-refractivity contribution >= 4 is 33.8 Å². The van der Waals surface area contributed by atoms with E-state index in [4.69, 9.17) is 4.98 Å². The normalized spacial score (nSPS) is 15.9. The third-order valence-electron chi connectivity index (χ3n) is 4.57. The van der Waals surface area contributed by atoms with Crippen molar-refractivity contribution in [3.8, 4) is 0 Å². The van der Waals surface area contributed by atoms with Crippen LogP contribution in [0, 0.1) is 6.92 Å². The smallest absolute Gasteiger partial charge is 0.211 e. The van der Waals surface area contributed by atoms with E-state index in [-0.39, 0.29) is 0 Å². The Morgan fingerprint density at radius 1 is 1.17 bits per heavy atom. The van der Waals surface area contributed by atoms with E-state index in [1.165, 1.54) is 31.5 Å². The van der Waals surface area contributed by atoms with Gasteiger partial charge in [-0.05, 0) is 45.0 Å². The Bertz CT molecular complexity index is 851. The second kappa shape index (κ2) is 6.09. The zero-order valence-corrected chi connectivity index (χ0v) is 14.4. The van der Waals surface area contributed by atoms with E-state index in [1.54, 1.807) is 11.8 Å². The van der Waals surface area contributed by atoms with E-state index < -0.39 is 0 Å². The third kappa shape index (κ3) is 2.81. The first kappa shape index (κ1) is 14.9. The van der Waals surface area contributed by atoms with Gasteiger partial charge in [-0.25, -0.2) is 4.98 Å². The van der Waals surface area contributed by atoms with Crippen LogP contribution in [-0.4, -0.2) is 50.0 Å². The Labute approximate surface area is 140 Å². The van der Waals surface area contributed by atoms with Crippen molar-refractivity contribution in [2.24, 2.45) is 7.05 Å². The molecule has 2 aromatic heterocycles. The van der Waals surface area contributed by atoms with Crippen LogP contribution < -0.4 is 0 Å². The van der Waals surface area contributed by atoms with Crippen LogP contribution in [0.5, 0.6) is 0 Å². The predicted molar refractivity (Wildman–Crippen MR) is 94.9 cm³/mol. The highest BCUT2D eigenvalue weighted by Crippen LogP contribution is 2.27. The molecule has 120 valence electrons. The summed E-state index contributed by atoms with van der Waals surface area (Å²) in [5, 5.41) is 10.7. The molecule has 0 bridgehead atoms. The molecular weight excluding hydrogens is 306 g/mol. The molecule has 4 rings (SSSR count). The van der Waals surface area contributed by atoms with Gasteiger partial charge in [-0.1, -0.05) is 23.4 Å². The first-order valence-corrected chi connectivity index (χ1v) is 9.15. The summed E-state index contributed by atoms with van der Waals surface area (Å²) in [4.78, 5) is 7.25. The van der Waals surface area contributed by atoms with Gasteiger partial charge in [0.25, 0.3) is 0 Å². The summed E-state index contributed by atoms with van der Waals surface area (Å²) in [5.74, 6) is 1.02. The van der Waals surface area contributed by atoms with Crippen molar-refractivity contribution < 1.29 is 0 Å². The van der Waals surface area contributed by atoms with E-state index in [2.05, 4.69) is 44.8 Å². The summed E-state index contributed by atoms with van der Waals surface area (Å²) < 4.78 is 2.11. The molecule has 6 heteroatoms. The summed E-state index contributed by atoms with van der Waals surface area (Å²) in [6.07, 6.45) is 2.67. The van der Waals surface area contributed by atoms with E-state index in [0.29, 0.717) is 0 Å². The lowest BCUT2D eigenvalue weighted by molar-refractivity contribution is 0.362. The maximum absolute atomic E-state index is 4.74. The van der Waals surface area contributed by atoms with Gasteiger partial charge in [0.1, 0.15) is 5.52 Å². The van der Waals surface area contributed by atoms with Crippen molar-refractivity contribution in [2.45, 2.75) is 24.9 Å². The molecule has 3 heterocycles. The van der Waals surface area contributed by atoms with Crippen LogP contribution in [0.2, 0.25) is 0 Å². The van der Waals surface area contributed by atoms with Gasteiger partial charge in [-0.15, -0.1) is 10.2 Å². The number of thioether (sulfide) groups is 1. The number of hydrogen-bond acceptors (Lipinski definition) is 5. The van der Waals surface area contributed by atoms with Gasteiger partial charge < -0.3 is 9.47 Å². The Kier molecular flexibility index (Phi) is 3.95. The number of aromatic nitrogens is 4. The molecule has 1 aliphatic rings. The number of nitrogens with zero attached hydrogens (tertiary/aromatic N) is 5. The van der Waals surface area contributed by atoms with Crippen molar-refractivity contribution in [1.29, 1.82) is 0 Å². The van der Waals surface area contributed by atoms with Crippen molar-refractivity contribution in [3.63, 3.8) is 0 Å². The standard InChI is InChI=1S/C17H21N5S/c1-12-5-6-14-13(11-12)15-16(21(14)2)18-17(20-19-15)23-10-9-22-7-3-4-8-22/h5-6,11H,3-4,7-10H2,1-2H3. The minimum absolute atomic E-state index is 0.777. The Balaban J connectivity index is 1.59. The molecule has 0 saturated carbocycles. The van der Waals surface area contributed by atoms with E-state index in [1.807, 2.05) is 7.05 Å². The average Bonchev–Trinajstić information content (AvgIpc) is 3.15. The number of rotatable bonds is 4. The second-order valence-corrected chi connectivity index (χ2v) is 7.31. The fourth-order valence-corrected chi connectivity index (χ4v) is 4.07. The average molecular weight is 327 g/mol. The summed E-state index contributed by atoms with van der Waals surface area (Å²) in [7, 11) is 2.05. The van der Waals surface area contributed by atoms with Crippen molar-refractivity contribution in [2.75, 3.05) is 25.4 Å². The lowest BCUT2D eigenvalue weighted by Crippen LogP contribution is -2.21. The van der Waals surface area contributed by atoms with Gasteiger partial charge in [0.15, 0.2) is 5.65 Å². The topological polar surface area (TPSA) is 46.8 Å². The molecule has 23 heavy (non-hydrogen) atoms. The highest BCUT2D eigenvalue weighted by atomic mass is 32.2. The van der Waals surface area contributed by atoms with Crippen LogP contribution in [0.1, 0.15) is 18.4 Å². The maximum Gasteiger partial charge on any atom is 0.211 e. The molecule has 1 fully saturated rings. The number of benzene rings is 1. The van der Waals surface area contributed by atoms with Gasteiger partial charge in [0.2, 0.25) is 5.16 Å². The maximum atomic E-state index is 4.74. The summed E-state index contributed by atoms with van der Waals surface area (Å²) in [6, 6.07) is 6.42. The van der Waals surface area contributed by atoms with Gasteiger partial charge in [-0.2, -0.15) is 0 Å². The highest BCUT2D eigenvalue weighted by molar-refractivity contribution is 7.99. The summed E-state index contributed by atoms with van der Waals surface area (Å²) in [6.45, 7) is 5.69. The first-order chi connectivity index (χ1) is 11.2. The molecule has 0 unspecified atom stereocenters.